The van der Waals surface area contributed by atoms with Crippen LogP contribution in [0.15, 0.2) is 40.9 Å². The third-order valence-electron chi connectivity index (χ3n) is 6.14. The van der Waals surface area contributed by atoms with Crippen molar-refractivity contribution in [1.82, 2.24) is 8.61 Å². The van der Waals surface area contributed by atoms with Crippen LogP contribution < -0.4 is 9.64 Å². The summed E-state index contributed by atoms with van der Waals surface area (Å²) in [6, 6.07) is 12.0. The number of benzene rings is 2. The van der Waals surface area contributed by atoms with Crippen LogP contribution in [0.2, 0.25) is 0 Å². The van der Waals surface area contributed by atoms with Gasteiger partial charge in [0.25, 0.3) is 10.2 Å². The summed E-state index contributed by atoms with van der Waals surface area (Å²) in [7, 11) is -3.34. The first kappa shape index (κ1) is 22.9. The highest BCUT2D eigenvalue weighted by Gasteiger charge is 2.34. The molecular formula is C22H31BrN3O4S+. The van der Waals surface area contributed by atoms with Gasteiger partial charge in [0.1, 0.15) is 25.0 Å². The maximum Gasteiger partial charge on any atom is 0.282 e. The molecule has 4 rings (SSSR count). The van der Waals surface area contributed by atoms with Crippen molar-refractivity contribution >= 4 is 36.9 Å². The van der Waals surface area contributed by atoms with Gasteiger partial charge < -0.3 is 14.7 Å². The van der Waals surface area contributed by atoms with Gasteiger partial charge in [-0.15, -0.1) is 0 Å². The predicted octanol–water partition coefficient (Wildman–Crippen LogP) is 1.27. The van der Waals surface area contributed by atoms with Crippen molar-refractivity contribution in [2.24, 2.45) is 0 Å². The first-order valence-electron chi connectivity index (χ1n) is 11.0. The lowest BCUT2D eigenvalue weighted by Gasteiger charge is -2.36. The van der Waals surface area contributed by atoms with Crippen molar-refractivity contribution in [3.8, 4) is 5.75 Å². The standard InChI is InChI=1S/C22H30BrN3O4S/c23-20-6-4-19-15-22(7-5-18(19)14-20)30-17-21(27)16-24-10-12-26(13-11-24)31(28,29)25-8-2-1-3-9-25/h4-7,14-15,21,27H,1-3,8-13,16-17H2/p+1/t21-/m1/s1. The van der Waals surface area contributed by atoms with Crippen molar-refractivity contribution in [3.63, 3.8) is 0 Å². The summed E-state index contributed by atoms with van der Waals surface area (Å²) < 4.78 is 35.7. The van der Waals surface area contributed by atoms with Gasteiger partial charge in [-0.05, 0) is 47.9 Å². The van der Waals surface area contributed by atoms with Crippen LogP contribution in [0.3, 0.4) is 0 Å². The molecule has 0 radical (unpaired) electrons. The second-order valence-electron chi connectivity index (χ2n) is 8.44. The average molecular weight is 513 g/mol. The van der Waals surface area contributed by atoms with Crippen molar-refractivity contribution < 1.29 is 23.2 Å². The topological polar surface area (TPSA) is 74.5 Å². The third-order valence-corrected chi connectivity index (χ3v) is 8.67. The van der Waals surface area contributed by atoms with E-state index in [1.165, 1.54) is 4.90 Å². The maximum absolute atomic E-state index is 12.8. The molecule has 7 nitrogen and oxygen atoms in total. The Labute approximate surface area is 192 Å². The van der Waals surface area contributed by atoms with Gasteiger partial charge in [0, 0.05) is 17.6 Å². The van der Waals surface area contributed by atoms with Crippen molar-refractivity contribution in [1.29, 1.82) is 0 Å². The number of ether oxygens (including phenoxy) is 1. The fraction of sp³-hybridized carbons (Fsp3) is 0.545. The molecule has 2 aromatic rings. The molecule has 0 spiro atoms. The SMILES string of the molecule is O=S(=O)(N1CCCCC1)N1CC[NH+](C[C@@H](O)COc2ccc3cc(Br)ccc3c2)CC1. The highest BCUT2D eigenvalue weighted by Crippen LogP contribution is 2.24. The molecule has 2 fully saturated rings. The molecule has 2 aliphatic rings. The van der Waals surface area contributed by atoms with Gasteiger partial charge in [-0.25, -0.2) is 0 Å². The van der Waals surface area contributed by atoms with Gasteiger partial charge in [0.2, 0.25) is 0 Å². The van der Waals surface area contributed by atoms with Gasteiger partial charge in [-0.3, -0.25) is 0 Å². The zero-order valence-electron chi connectivity index (χ0n) is 17.7. The number of aliphatic hydroxyl groups excluding tert-OH is 1. The summed E-state index contributed by atoms with van der Waals surface area (Å²) in [5.74, 6) is 0.737. The largest absolute Gasteiger partial charge is 0.491 e. The number of nitrogens with one attached hydrogen (secondary N) is 1. The molecule has 2 heterocycles. The summed E-state index contributed by atoms with van der Waals surface area (Å²) >= 11 is 3.48. The molecular weight excluding hydrogens is 482 g/mol. The number of hydrogen-bond acceptors (Lipinski definition) is 4. The molecule has 0 saturated carbocycles. The summed E-state index contributed by atoms with van der Waals surface area (Å²) in [6.45, 7) is 4.46. The predicted molar refractivity (Wildman–Crippen MR) is 125 cm³/mol. The Balaban J connectivity index is 1.24. The first-order valence-corrected chi connectivity index (χ1v) is 13.2. The van der Waals surface area contributed by atoms with Crippen molar-refractivity contribution in [3.05, 3.63) is 40.9 Å². The van der Waals surface area contributed by atoms with Crippen LogP contribution in [0.1, 0.15) is 19.3 Å². The van der Waals surface area contributed by atoms with Gasteiger partial charge >= 0.3 is 0 Å². The molecule has 31 heavy (non-hydrogen) atoms. The number of piperazine rings is 1. The van der Waals surface area contributed by atoms with E-state index in [1.54, 1.807) is 8.61 Å². The average Bonchev–Trinajstić information content (AvgIpc) is 2.78. The Hall–Kier alpha value is -1.23. The lowest BCUT2D eigenvalue weighted by atomic mass is 10.1. The van der Waals surface area contributed by atoms with Crippen LogP contribution in [-0.4, -0.2) is 80.7 Å². The lowest BCUT2D eigenvalue weighted by Crippen LogP contribution is -3.16. The summed E-state index contributed by atoms with van der Waals surface area (Å²) in [6.07, 6.45) is 2.42. The number of nitrogens with zero attached hydrogens (tertiary/aromatic N) is 2. The maximum atomic E-state index is 12.8. The normalized spacial score (nSPS) is 20.7. The Bertz CT molecular complexity index is 989. The Kier molecular flexibility index (Phi) is 7.51. The molecule has 2 aliphatic heterocycles. The number of rotatable bonds is 7. The van der Waals surface area contributed by atoms with E-state index < -0.39 is 16.3 Å². The molecule has 1 atom stereocenters. The summed E-state index contributed by atoms with van der Waals surface area (Å²) in [5, 5.41) is 12.7. The number of fused-ring (bicyclic) bond motifs is 1. The molecule has 0 bridgehead atoms. The lowest BCUT2D eigenvalue weighted by molar-refractivity contribution is -0.906. The monoisotopic (exact) mass is 512 g/mol. The molecule has 2 aromatic carbocycles. The number of aliphatic hydroxyl groups is 1. The zero-order valence-corrected chi connectivity index (χ0v) is 20.1. The molecule has 2 N–H and O–H groups in total. The van der Waals surface area contributed by atoms with E-state index >= 15 is 0 Å². The van der Waals surface area contributed by atoms with Gasteiger partial charge in [0.15, 0.2) is 0 Å². The van der Waals surface area contributed by atoms with Crippen molar-refractivity contribution in [2.75, 3.05) is 52.4 Å². The third kappa shape index (κ3) is 5.77. The molecule has 0 aliphatic carbocycles. The second kappa shape index (κ2) is 10.1. The van der Waals surface area contributed by atoms with Crippen molar-refractivity contribution in [2.45, 2.75) is 25.4 Å². The fourth-order valence-corrected chi connectivity index (χ4v) is 6.43. The number of piperidine rings is 1. The minimum absolute atomic E-state index is 0.224. The molecule has 0 aromatic heterocycles. The molecule has 170 valence electrons. The molecule has 0 unspecified atom stereocenters. The van der Waals surface area contributed by atoms with Crippen LogP contribution in [0, 0.1) is 0 Å². The smallest absolute Gasteiger partial charge is 0.282 e. The van der Waals surface area contributed by atoms with Crippen LogP contribution in [0.4, 0.5) is 0 Å². The zero-order chi connectivity index (χ0) is 21.8. The first-order chi connectivity index (χ1) is 14.9. The van der Waals surface area contributed by atoms with Crippen LogP contribution in [0.25, 0.3) is 10.8 Å². The quantitative estimate of drug-likeness (QED) is 0.585. The van der Waals surface area contributed by atoms with E-state index in [-0.39, 0.29) is 6.61 Å². The second-order valence-corrected chi connectivity index (χ2v) is 11.3. The van der Waals surface area contributed by atoms with Crippen LogP contribution in [-0.2, 0) is 10.2 Å². The van der Waals surface area contributed by atoms with E-state index in [9.17, 15) is 13.5 Å². The van der Waals surface area contributed by atoms with E-state index in [0.29, 0.717) is 45.8 Å². The summed E-state index contributed by atoms with van der Waals surface area (Å²) in [5.41, 5.74) is 0. The van der Waals surface area contributed by atoms with E-state index in [1.807, 2.05) is 30.3 Å². The molecule has 9 heteroatoms. The van der Waals surface area contributed by atoms with E-state index in [4.69, 9.17) is 4.74 Å². The molecule has 0 amide bonds. The van der Waals surface area contributed by atoms with E-state index in [2.05, 4.69) is 22.0 Å². The highest BCUT2D eigenvalue weighted by atomic mass is 79.9. The number of halogens is 1. The Morgan fingerprint density at radius 3 is 2.35 bits per heavy atom. The number of hydrogen-bond donors (Lipinski definition) is 2. The Morgan fingerprint density at radius 2 is 1.61 bits per heavy atom. The molecule has 2 saturated heterocycles. The van der Waals surface area contributed by atoms with Gasteiger partial charge in [0.05, 0.1) is 26.2 Å². The van der Waals surface area contributed by atoms with Crippen LogP contribution in [0.5, 0.6) is 5.75 Å². The van der Waals surface area contributed by atoms with Crippen LogP contribution >= 0.6 is 15.9 Å². The van der Waals surface area contributed by atoms with Gasteiger partial charge in [-0.2, -0.15) is 17.0 Å². The van der Waals surface area contributed by atoms with Gasteiger partial charge in [-0.1, -0.05) is 34.5 Å². The fourth-order valence-electron chi connectivity index (χ4n) is 4.37. The highest BCUT2D eigenvalue weighted by molar-refractivity contribution is 9.10. The number of quaternary nitrogens is 1. The minimum atomic E-state index is -3.34. The Morgan fingerprint density at radius 1 is 0.968 bits per heavy atom. The van der Waals surface area contributed by atoms with E-state index in [0.717, 1.165) is 40.3 Å². The minimum Gasteiger partial charge on any atom is -0.491 e. The summed E-state index contributed by atoms with van der Waals surface area (Å²) in [4.78, 5) is 1.21.